The first-order valence-electron chi connectivity index (χ1n) is 6.35. The molecule has 98 valence electrons. The van der Waals surface area contributed by atoms with E-state index in [0.29, 0.717) is 16.7 Å². The fraction of sp³-hybridized carbons (Fsp3) is 0.118. The fourth-order valence-electron chi connectivity index (χ4n) is 2.86. The van der Waals surface area contributed by atoms with Crippen LogP contribution in [-0.2, 0) is 10.2 Å². The fourth-order valence-corrected chi connectivity index (χ4v) is 2.86. The Morgan fingerprint density at radius 3 is 1.70 bits per heavy atom. The molecule has 0 saturated heterocycles. The number of rotatable bonds is 2. The Balaban J connectivity index is 2.33. The number of hydrogen-bond acceptors (Lipinski definition) is 3. The van der Waals surface area contributed by atoms with Crippen LogP contribution in [0.4, 0.5) is 0 Å². The molecule has 0 radical (unpaired) electrons. The first-order chi connectivity index (χ1) is 9.60. The van der Waals surface area contributed by atoms with Crippen LogP contribution in [0.3, 0.4) is 0 Å². The molecule has 3 nitrogen and oxygen atoms in total. The second-order valence-electron chi connectivity index (χ2n) is 4.88. The molecule has 0 heterocycles. The molecule has 0 unspecified atom stereocenters. The van der Waals surface area contributed by atoms with Gasteiger partial charge >= 0.3 is 0 Å². The van der Waals surface area contributed by atoms with E-state index in [2.05, 4.69) is 0 Å². The van der Waals surface area contributed by atoms with Crippen LogP contribution in [0.15, 0.2) is 54.6 Å². The minimum absolute atomic E-state index is 0.330. The van der Waals surface area contributed by atoms with Crippen molar-refractivity contribution in [2.75, 3.05) is 0 Å². The Morgan fingerprint density at radius 2 is 1.25 bits per heavy atom. The molecule has 0 saturated carbocycles. The minimum Gasteiger partial charge on any atom is -0.298 e. The molecular weight excluding hydrogens is 252 g/mol. The van der Waals surface area contributed by atoms with E-state index >= 15 is 0 Å². The van der Waals surface area contributed by atoms with E-state index < -0.39 is 22.8 Å². The van der Waals surface area contributed by atoms with E-state index in [9.17, 15) is 14.4 Å². The van der Waals surface area contributed by atoms with Gasteiger partial charge in [0.1, 0.15) is 0 Å². The highest BCUT2D eigenvalue weighted by Crippen LogP contribution is 2.40. The number of Topliss-reactive ketones (excluding diaryl/α,β-unsaturated/α-hetero) is 3. The molecule has 0 bridgehead atoms. The van der Waals surface area contributed by atoms with Gasteiger partial charge in [0.25, 0.3) is 0 Å². The average Bonchev–Trinajstić information content (AvgIpc) is 2.70. The van der Waals surface area contributed by atoms with Crippen LogP contribution < -0.4 is 0 Å². The van der Waals surface area contributed by atoms with E-state index in [4.69, 9.17) is 0 Å². The molecule has 0 atom stereocenters. The quantitative estimate of drug-likeness (QED) is 0.783. The van der Waals surface area contributed by atoms with Gasteiger partial charge in [0.05, 0.1) is 0 Å². The zero-order valence-electron chi connectivity index (χ0n) is 10.9. The minimum atomic E-state index is -1.70. The zero-order chi connectivity index (χ0) is 14.3. The first kappa shape index (κ1) is 12.5. The molecule has 0 N–H and O–H groups in total. The van der Waals surface area contributed by atoms with Crippen LogP contribution in [0, 0.1) is 0 Å². The van der Waals surface area contributed by atoms with Gasteiger partial charge in [0.2, 0.25) is 0 Å². The van der Waals surface area contributed by atoms with Crippen molar-refractivity contribution in [3.63, 3.8) is 0 Å². The molecule has 1 aliphatic carbocycles. The lowest BCUT2D eigenvalue weighted by atomic mass is 9.73. The van der Waals surface area contributed by atoms with Gasteiger partial charge in [-0.3, -0.25) is 14.4 Å². The SMILES string of the molecule is CC(=O)C1(c2ccccc2)C(=O)c2ccccc2C1=O. The monoisotopic (exact) mass is 264 g/mol. The van der Waals surface area contributed by atoms with Crippen LogP contribution in [-0.4, -0.2) is 17.3 Å². The lowest BCUT2D eigenvalue weighted by molar-refractivity contribution is -0.119. The molecule has 2 aromatic carbocycles. The highest BCUT2D eigenvalue weighted by atomic mass is 16.2. The normalized spacial score (nSPS) is 16.1. The maximum Gasteiger partial charge on any atom is 0.189 e. The van der Waals surface area contributed by atoms with Gasteiger partial charge < -0.3 is 0 Å². The molecule has 3 rings (SSSR count). The third kappa shape index (κ3) is 1.37. The summed E-state index contributed by atoms with van der Waals surface area (Å²) in [5.74, 6) is -1.27. The van der Waals surface area contributed by atoms with Crippen molar-refractivity contribution in [2.45, 2.75) is 12.3 Å². The van der Waals surface area contributed by atoms with Crippen molar-refractivity contribution < 1.29 is 14.4 Å². The summed E-state index contributed by atoms with van der Waals surface area (Å²) in [6.45, 7) is 1.30. The van der Waals surface area contributed by atoms with Gasteiger partial charge in [-0.05, 0) is 12.5 Å². The van der Waals surface area contributed by atoms with E-state index in [0.717, 1.165) is 0 Å². The Kier molecular flexibility index (Phi) is 2.64. The largest absolute Gasteiger partial charge is 0.298 e. The van der Waals surface area contributed by atoms with Crippen LogP contribution in [0.1, 0.15) is 33.2 Å². The number of hydrogen-bond donors (Lipinski definition) is 0. The van der Waals surface area contributed by atoms with Crippen LogP contribution >= 0.6 is 0 Å². The molecule has 20 heavy (non-hydrogen) atoms. The van der Waals surface area contributed by atoms with E-state index in [1.807, 2.05) is 0 Å². The number of benzene rings is 2. The Labute approximate surface area is 116 Å². The summed E-state index contributed by atoms with van der Waals surface area (Å²) in [6.07, 6.45) is 0. The topological polar surface area (TPSA) is 51.2 Å². The van der Waals surface area contributed by atoms with E-state index in [1.54, 1.807) is 54.6 Å². The first-order valence-corrected chi connectivity index (χ1v) is 6.35. The second-order valence-corrected chi connectivity index (χ2v) is 4.88. The van der Waals surface area contributed by atoms with Gasteiger partial charge in [-0.1, -0.05) is 54.6 Å². The molecule has 0 aromatic heterocycles. The highest BCUT2D eigenvalue weighted by molar-refractivity contribution is 6.43. The van der Waals surface area contributed by atoms with E-state index in [-0.39, 0.29) is 0 Å². The maximum atomic E-state index is 12.7. The van der Waals surface area contributed by atoms with Gasteiger partial charge in [-0.25, -0.2) is 0 Å². The molecular formula is C17H12O3. The van der Waals surface area contributed by atoms with Crippen molar-refractivity contribution in [2.24, 2.45) is 0 Å². The van der Waals surface area contributed by atoms with E-state index in [1.165, 1.54) is 6.92 Å². The Morgan fingerprint density at radius 1 is 0.800 bits per heavy atom. The summed E-state index contributed by atoms with van der Waals surface area (Å²) in [5.41, 5.74) is -0.600. The molecule has 0 amide bonds. The summed E-state index contributed by atoms with van der Waals surface area (Å²) in [7, 11) is 0. The molecule has 0 aliphatic heterocycles. The van der Waals surface area contributed by atoms with Gasteiger partial charge in [-0.2, -0.15) is 0 Å². The van der Waals surface area contributed by atoms with Gasteiger partial charge in [0, 0.05) is 11.1 Å². The second kappa shape index (κ2) is 4.23. The summed E-state index contributed by atoms with van der Waals surface area (Å²) in [4.78, 5) is 37.7. The number of fused-ring (bicyclic) bond motifs is 1. The number of carbonyl (C=O) groups is 3. The summed E-state index contributed by atoms with van der Waals surface area (Å²) in [6, 6.07) is 15.1. The van der Waals surface area contributed by atoms with Gasteiger partial charge in [-0.15, -0.1) is 0 Å². The van der Waals surface area contributed by atoms with Crippen molar-refractivity contribution >= 4 is 17.3 Å². The van der Waals surface area contributed by atoms with Crippen LogP contribution in [0.25, 0.3) is 0 Å². The summed E-state index contributed by atoms with van der Waals surface area (Å²) in [5, 5.41) is 0. The number of ketones is 3. The standard InChI is InChI=1S/C17H12O3/c1-11(18)17(12-7-3-2-4-8-12)15(19)13-9-5-6-10-14(13)16(17)20/h2-10H,1H3. The molecule has 0 fully saturated rings. The molecule has 3 heteroatoms. The third-order valence-electron chi connectivity index (χ3n) is 3.83. The van der Waals surface area contributed by atoms with Crippen LogP contribution in [0.5, 0.6) is 0 Å². The van der Waals surface area contributed by atoms with Crippen molar-refractivity contribution in [3.05, 3.63) is 71.3 Å². The maximum absolute atomic E-state index is 12.7. The molecule has 1 aliphatic rings. The third-order valence-corrected chi connectivity index (χ3v) is 3.83. The van der Waals surface area contributed by atoms with Crippen molar-refractivity contribution in [1.29, 1.82) is 0 Å². The summed E-state index contributed by atoms with van der Waals surface area (Å²) >= 11 is 0. The summed E-state index contributed by atoms with van der Waals surface area (Å²) < 4.78 is 0. The van der Waals surface area contributed by atoms with Crippen molar-refractivity contribution in [3.8, 4) is 0 Å². The van der Waals surface area contributed by atoms with Crippen molar-refractivity contribution in [1.82, 2.24) is 0 Å². The Hall–Kier alpha value is -2.55. The van der Waals surface area contributed by atoms with Crippen LogP contribution in [0.2, 0.25) is 0 Å². The predicted octanol–water partition coefficient (Wildman–Crippen LogP) is 2.59. The highest BCUT2D eigenvalue weighted by Gasteiger charge is 2.57. The Bertz CT molecular complexity index is 694. The lowest BCUT2D eigenvalue weighted by Gasteiger charge is -2.23. The number of carbonyl (C=O) groups excluding carboxylic acids is 3. The molecule has 0 spiro atoms. The zero-order valence-corrected chi connectivity index (χ0v) is 10.9. The average molecular weight is 264 g/mol. The smallest absolute Gasteiger partial charge is 0.189 e. The van der Waals surface area contributed by atoms with Gasteiger partial charge in [0.15, 0.2) is 22.8 Å². The molecule has 2 aromatic rings. The lowest BCUT2D eigenvalue weighted by Crippen LogP contribution is -2.45. The predicted molar refractivity (Wildman–Crippen MR) is 73.9 cm³/mol.